The van der Waals surface area contributed by atoms with Crippen LogP contribution in [0.5, 0.6) is 11.5 Å². The minimum Gasteiger partial charge on any atom is -0.496 e. The summed E-state index contributed by atoms with van der Waals surface area (Å²) in [5.74, 6) is 1.62. The maximum Gasteiger partial charge on any atom is 0.217 e. The molecule has 1 aliphatic heterocycles. The van der Waals surface area contributed by atoms with Crippen molar-refractivity contribution in [3.05, 3.63) is 23.3 Å². The molecule has 0 saturated carbocycles. The summed E-state index contributed by atoms with van der Waals surface area (Å²) in [6.45, 7) is 4.35. The number of nitrogens with one attached hydrogen (secondary N) is 1. The van der Waals surface area contributed by atoms with Gasteiger partial charge in [0.25, 0.3) is 0 Å². The largest absolute Gasteiger partial charge is 0.496 e. The summed E-state index contributed by atoms with van der Waals surface area (Å²) in [6.07, 6.45) is 1.07. The molecule has 1 aromatic rings. The van der Waals surface area contributed by atoms with Crippen LogP contribution in [0.4, 0.5) is 0 Å². The average molecular weight is 235 g/mol. The van der Waals surface area contributed by atoms with E-state index >= 15 is 0 Å². The monoisotopic (exact) mass is 235 g/mol. The summed E-state index contributed by atoms with van der Waals surface area (Å²) >= 11 is 0. The first-order chi connectivity index (χ1) is 8.15. The van der Waals surface area contributed by atoms with Crippen LogP contribution in [-0.4, -0.2) is 25.7 Å². The van der Waals surface area contributed by atoms with E-state index in [4.69, 9.17) is 19.6 Å². The molecule has 0 saturated heterocycles. The van der Waals surface area contributed by atoms with E-state index in [1.807, 2.05) is 26.0 Å². The molecule has 0 aliphatic carbocycles. The lowest BCUT2D eigenvalue weighted by atomic mass is 10.1. The Bertz CT molecular complexity index is 443. The van der Waals surface area contributed by atoms with Gasteiger partial charge in [-0.15, -0.1) is 0 Å². The van der Waals surface area contributed by atoms with Crippen LogP contribution in [0.2, 0.25) is 0 Å². The summed E-state index contributed by atoms with van der Waals surface area (Å²) in [6, 6.07) is 3.76. The van der Waals surface area contributed by atoms with Crippen LogP contribution in [0.25, 0.3) is 0 Å². The topological polar surface area (TPSA) is 51.5 Å². The fourth-order valence-corrected chi connectivity index (χ4v) is 2.01. The van der Waals surface area contributed by atoms with E-state index in [1.165, 1.54) is 0 Å². The molecule has 1 unspecified atom stereocenters. The molecule has 1 aliphatic rings. The summed E-state index contributed by atoms with van der Waals surface area (Å²) in [7, 11) is 1.60. The van der Waals surface area contributed by atoms with Gasteiger partial charge in [0, 0.05) is 12.0 Å². The molecule has 0 bridgehead atoms. The smallest absolute Gasteiger partial charge is 0.217 e. The van der Waals surface area contributed by atoms with Gasteiger partial charge in [-0.05, 0) is 26.0 Å². The van der Waals surface area contributed by atoms with Crippen LogP contribution in [0, 0.1) is 5.41 Å². The number of benzene rings is 1. The lowest BCUT2D eigenvalue weighted by Crippen LogP contribution is -2.07. The van der Waals surface area contributed by atoms with Gasteiger partial charge in [0.2, 0.25) is 5.90 Å². The van der Waals surface area contributed by atoms with Crippen LogP contribution < -0.4 is 9.47 Å². The first-order valence-electron chi connectivity index (χ1n) is 5.75. The zero-order valence-electron chi connectivity index (χ0n) is 10.4. The standard InChI is InChI=1S/C13H17NO3/c1-4-16-13(14)10-7-11-9(5-8(2)17-11)6-12(10)15-3/h6-8,14H,4-5H2,1-3H3. The van der Waals surface area contributed by atoms with Crippen LogP contribution in [-0.2, 0) is 11.2 Å². The molecule has 1 N–H and O–H groups in total. The van der Waals surface area contributed by atoms with E-state index in [9.17, 15) is 0 Å². The van der Waals surface area contributed by atoms with Crippen molar-refractivity contribution < 1.29 is 14.2 Å². The van der Waals surface area contributed by atoms with Crippen LogP contribution in [0.1, 0.15) is 25.0 Å². The van der Waals surface area contributed by atoms with Crippen molar-refractivity contribution in [3.63, 3.8) is 0 Å². The molecular weight excluding hydrogens is 218 g/mol. The Labute approximate surface area is 101 Å². The number of ether oxygens (including phenoxy) is 3. The predicted molar refractivity (Wildman–Crippen MR) is 65.2 cm³/mol. The quantitative estimate of drug-likeness (QED) is 0.646. The zero-order chi connectivity index (χ0) is 12.4. The Morgan fingerprint density at radius 1 is 1.53 bits per heavy atom. The van der Waals surface area contributed by atoms with Crippen molar-refractivity contribution in [2.24, 2.45) is 0 Å². The number of hydrogen-bond acceptors (Lipinski definition) is 4. The van der Waals surface area contributed by atoms with Gasteiger partial charge in [-0.25, -0.2) is 0 Å². The lowest BCUT2D eigenvalue weighted by Gasteiger charge is -2.11. The van der Waals surface area contributed by atoms with Crippen LogP contribution in [0.15, 0.2) is 12.1 Å². The number of methoxy groups -OCH3 is 1. The van der Waals surface area contributed by atoms with Gasteiger partial charge in [-0.3, -0.25) is 5.41 Å². The maximum absolute atomic E-state index is 7.83. The second kappa shape index (κ2) is 4.65. The number of rotatable bonds is 3. The first-order valence-corrected chi connectivity index (χ1v) is 5.75. The zero-order valence-corrected chi connectivity index (χ0v) is 10.4. The molecule has 92 valence electrons. The number of hydrogen-bond donors (Lipinski definition) is 1. The summed E-state index contributed by atoms with van der Waals surface area (Å²) in [4.78, 5) is 0. The van der Waals surface area contributed by atoms with Gasteiger partial charge in [0.1, 0.15) is 17.6 Å². The fourth-order valence-electron chi connectivity index (χ4n) is 2.01. The SMILES string of the molecule is CCOC(=N)c1cc2c(cc1OC)CC(C)O2. The summed E-state index contributed by atoms with van der Waals surface area (Å²) in [5, 5.41) is 7.83. The maximum atomic E-state index is 7.83. The molecule has 1 aromatic carbocycles. The third-order valence-corrected chi connectivity index (χ3v) is 2.75. The molecule has 1 atom stereocenters. The third-order valence-electron chi connectivity index (χ3n) is 2.75. The highest BCUT2D eigenvalue weighted by Gasteiger charge is 2.23. The molecular formula is C13H17NO3. The first kappa shape index (κ1) is 11.8. The second-order valence-electron chi connectivity index (χ2n) is 4.05. The molecule has 4 nitrogen and oxygen atoms in total. The van der Waals surface area contributed by atoms with Crippen molar-refractivity contribution in [1.29, 1.82) is 5.41 Å². The average Bonchev–Trinajstić information content (AvgIpc) is 2.66. The molecule has 0 spiro atoms. The Hall–Kier alpha value is -1.71. The van der Waals surface area contributed by atoms with Crippen molar-refractivity contribution in [1.82, 2.24) is 0 Å². The third kappa shape index (κ3) is 2.20. The van der Waals surface area contributed by atoms with Gasteiger partial charge in [-0.2, -0.15) is 0 Å². The second-order valence-corrected chi connectivity index (χ2v) is 4.05. The molecule has 0 aromatic heterocycles. The Kier molecular flexibility index (Phi) is 3.22. The Balaban J connectivity index is 2.39. The Morgan fingerprint density at radius 2 is 2.29 bits per heavy atom. The van der Waals surface area contributed by atoms with Crippen molar-refractivity contribution in [2.75, 3.05) is 13.7 Å². The normalized spacial score (nSPS) is 17.2. The summed E-state index contributed by atoms with van der Waals surface area (Å²) in [5.41, 5.74) is 1.77. The minimum absolute atomic E-state index is 0.121. The van der Waals surface area contributed by atoms with Crippen molar-refractivity contribution in [3.8, 4) is 11.5 Å². The molecule has 0 amide bonds. The van der Waals surface area contributed by atoms with E-state index in [2.05, 4.69) is 0 Å². The molecule has 0 radical (unpaired) electrons. The van der Waals surface area contributed by atoms with Crippen molar-refractivity contribution in [2.45, 2.75) is 26.4 Å². The van der Waals surface area contributed by atoms with Crippen LogP contribution in [0.3, 0.4) is 0 Å². The highest BCUT2D eigenvalue weighted by atomic mass is 16.5. The minimum atomic E-state index is 0.121. The molecule has 2 rings (SSSR count). The fraction of sp³-hybridized carbons (Fsp3) is 0.462. The lowest BCUT2D eigenvalue weighted by molar-refractivity contribution is 0.254. The highest BCUT2D eigenvalue weighted by molar-refractivity contribution is 5.95. The van der Waals surface area contributed by atoms with Gasteiger partial charge in [0.05, 0.1) is 19.3 Å². The summed E-state index contributed by atoms with van der Waals surface area (Å²) < 4.78 is 16.2. The van der Waals surface area contributed by atoms with E-state index in [0.29, 0.717) is 17.9 Å². The van der Waals surface area contributed by atoms with Gasteiger partial charge >= 0.3 is 0 Å². The molecule has 1 heterocycles. The van der Waals surface area contributed by atoms with Crippen LogP contribution >= 0.6 is 0 Å². The molecule has 0 fully saturated rings. The van der Waals surface area contributed by atoms with E-state index in [1.54, 1.807) is 7.11 Å². The van der Waals surface area contributed by atoms with Crippen molar-refractivity contribution >= 4 is 5.90 Å². The van der Waals surface area contributed by atoms with Gasteiger partial charge in [-0.1, -0.05) is 0 Å². The number of fused-ring (bicyclic) bond motifs is 1. The van der Waals surface area contributed by atoms with Gasteiger partial charge < -0.3 is 14.2 Å². The van der Waals surface area contributed by atoms with Gasteiger partial charge in [0.15, 0.2) is 0 Å². The van der Waals surface area contributed by atoms with E-state index < -0.39 is 0 Å². The highest BCUT2D eigenvalue weighted by Crippen LogP contribution is 2.35. The van der Waals surface area contributed by atoms with E-state index in [-0.39, 0.29) is 12.0 Å². The molecule has 4 heteroatoms. The predicted octanol–water partition coefficient (Wildman–Crippen LogP) is 2.38. The van der Waals surface area contributed by atoms with E-state index in [0.717, 1.165) is 17.7 Å². The molecule has 17 heavy (non-hydrogen) atoms. The Morgan fingerprint density at radius 3 is 2.94 bits per heavy atom.